The molecule has 0 unspecified atom stereocenters. The number of fused-ring (bicyclic) bond motifs is 3. The highest BCUT2D eigenvalue weighted by atomic mass is 127. The molecule has 8 heteroatoms. The van der Waals surface area contributed by atoms with Gasteiger partial charge in [0.05, 0.1) is 0 Å². The number of halogens is 1. The van der Waals surface area contributed by atoms with Gasteiger partial charge in [-0.2, -0.15) is 0 Å². The lowest BCUT2D eigenvalue weighted by Crippen LogP contribution is -2.49. The van der Waals surface area contributed by atoms with Gasteiger partial charge < -0.3 is 14.4 Å². The van der Waals surface area contributed by atoms with Crippen LogP contribution in [0.25, 0.3) is 11.1 Å². The minimum absolute atomic E-state index is 0.0222. The third kappa shape index (κ3) is 6.73. The Labute approximate surface area is 243 Å². The maximum absolute atomic E-state index is 12.8. The highest BCUT2D eigenvalue weighted by Crippen LogP contribution is 2.44. The molecule has 0 aromatic heterocycles. The Hall–Kier alpha value is -3.11. The predicted octanol–water partition coefficient (Wildman–Crippen LogP) is 6.70. The van der Waals surface area contributed by atoms with E-state index in [1.54, 1.807) is 4.90 Å². The Balaban J connectivity index is 1.16. The number of rotatable bonds is 5. The summed E-state index contributed by atoms with van der Waals surface area (Å²) < 4.78 is 12.3. The van der Waals surface area contributed by atoms with Crippen molar-refractivity contribution in [1.82, 2.24) is 9.80 Å². The molecule has 1 heterocycles. The Morgan fingerprint density at radius 1 is 0.923 bits per heavy atom. The minimum Gasteiger partial charge on any atom is -0.448 e. The van der Waals surface area contributed by atoms with Crippen LogP contribution < -0.4 is 5.32 Å². The smallest absolute Gasteiger partial charge is 0.411 e. The first-order valence-corrected chi connectivity index (χ1v) is 14.4. The van der Waals surface area contributed by atoms with Crippen LogP contribution in [0.1, 0.15) is 43.4 Å². The molecule has 2 amide bonds. The molecule has 0 atom stereocenters. The molecule has 5 rings (SSSR count). The first-order chi connectivity index (χ1) is 18.7. The molecule has 0 radical (unpaired) electrons. The fraction of sp³-hybridized carbons (Fsp3) is 0.355. The van der Waals surface area contributed by atoms with Crippen LogP contribution >= 0.6 is 22.6 Å². The number of piperazine rings is 1. The molecule has 1 aliphatic heterocycles. The van der Waals surface area contributed by atoms with E-state index < -0.39 is 11.7 Å². The maximum atomic E-state index is 12.8. The summed E-state index contributed by atoms with van der Waals surface area (Å²) in [6.45, 7) is 9.44. The van der Waals surface area contributed by atoms with Gasteiger partial charge in [0.15, 0.2) is 0 Å². The zero-order valence-corrected chi connectivity index (χ0v) is 24.7. The summed E-state index contributed by atoms with van der Waals surface area (Å²) in [6.07, 6.45) is -0.721. The molecular weight excluding hydrogens is 605 g/mol. The number of carbonyl (C=O) groups excluding carboxylic acids is 2. The molecule has 3 aromatic carbocycles. The molecule has 0 spiro atoms. The second kappa shape index (κ2) is 11.6. The van der Waals surface area contributed by atoms with Crippen molar-refractivity contribution in [3.63, 3.8) is 0 Å². The summed E-state index contributed by atoms with van der Waals surface area (Å²) >= 11 is 2.27. The van der Waals surface area contributed by atoms with E-state index in [0.29, 0.717) is 18.8 Å². The average Bonchev–Trinajstić information content (AvgIpc) is 3.20. The maximum Gasteiger partial charge on any atom is 0.411 e. The minimum atomic E-state index is -0.494. The van der Waals surface area contributed by atoms with Crippen LogP contribution in [0.3, 0.4) is 0 Å². The van der Waals surface area contributed by atoms with Crippen molar-refractivity contribution in [3.8, 4) is 11.1 Å². The molecule has 2 aliphatic rings. The standard InChI is InChI=1S/C31H34IN3O4/c1-31(2,3)39-30(37)35-14-12-34(13-15-35)19-21-16-22(32)18-23(17-21)33-29(36)38-20-28-26-10-6-4-8-24(26)25-9-5-7-11-27(25)28/h4-11,16-18,28H,12-15,19-20H2,1-3H3,(H,33,36). The van der Waals surface area contributed by atoms with Crippen LogP contribution in [-0.2, 0) is 16.0 Å². The number of ether oxygens (including phenoxy) is 2. The summed E-state index contributed by atoms with van der Waals surface area (Å²) in [4.78, 5) is 29.2. The second-order valence-electron chi connectivity index (χ2n) is 11.0. The third-order valence-corrected chi connectivity index (χ3v) is 7.60. The van der Waals surface area contributed by atoms with Gasteiger partial charge in [0.1, 0.15) is 12.2 Å². The van der Waals surface area contributed by atoms with E-state index in [9.17, 15) is 9.59 Å². The van der Waals surface area contributed by atoms with Gasteiger partial charge in [-0.15, -0.1) is 0 Å². The average molecular weight is 640 g/mol. The number of hydrogen-bond donors (Lipinski definition) is 1. The predicted molar refractivity (Wildman–Crippen MR) is 161 cm³/mol. The quantitative estimate of drug-likeness (QED) is 0.315. The van der Waals surface area contributed by atoms with Crippen LogP contribution in [0.4, 0.5) is 15.3 Å². The molecule has 1 fully saturated rings. The van der Waals surface area contributed by atoms with E-state index in [-0.39, 0.29) is 18.6 Å². The molecule has 0 bridgehead atoms. The van der Waals surface area contributed by atoms with Gasteiger partial charge >= 0.3 is 12.2 Å². The van der Waals surface area contributed by atoms with Gasteiger partial charge in [-0.25, -0.2) is 9.59 Å². The van der Waals surface area contributed by atoms with Crippen molar-refractivity contribution < 1.29 is 19.1 Å². The molecule has 3 aromatic rings. The van der Waals surface area contributed by atoms with E-state index in [1.807, 2.05) is 57.2 Å². The topological polar surface area (TPSA) is 71.1 Å². The van der Waals surface area contributed by atoms with Gasteiger partial charge in [-0.05, 0) is 89.4 Å². The zero-order valence-electron chi connectivity index (χ0n) is 22.6. The molecular formula is C31H34IN3O4. The Morgan fingerprint density at radius 2 is 1.54 bits per heavy atom. The van der Waals surface area contributed by atoms with E-state index in [4.69, 9.17) is 9.47 Å². The highest BCUT2D eigenvalue weighted by molar-refractivity contribution is 14.1. The van der Waals surface area contributed by atoms with E-state index in [2.05, 4.69) is 63.1 Å². The van der Waals surface area contributed by atoms with Gasteiger partial charge in [0.2, 0.25) is 0 Å². The number of anilines is 1. The summed E-state index contributed by atoms with van der Waals surface area (Å²) in [6, 6.07) is 22.7. The van der Waals surface area contributed by atoms with E-state index in [1.165, 1.54) is 22.3 Å². The van der Waals surface area contributed by atoms with Crippen LogP contribution in [0.2, 0.25) is 0 Å². The number of nitrogens with one attached hydrogen (secondary N) is 1. The zero-order chi connectivity index (χ0) is 27.6. The van der Waals surface area contributed by atoms with Crippen molar-refractivity contribution in [2.24, 2.45) is 0 Å². The number of amides is 2. The largest absolute Gasteiger partial charge is 0.448 e. The van der Waals surface area contributed by atoms with Crippen LogP contribution in [0.15, 0.2) is 66.7 Å². The SMILES string of the molecule is CC(C)(C)OC(=O)N1CCN(Cc2cc(I)cc(NC(=O)OCC3c4ccccc4-c4ccccc43)c2)CC1. The summed E-state index contributed by atoms with van der Waals surface area (Å²) in [5.74, 6) is 0.0222. The second-order valence-corrected chi connectivity index (χ2v) is 12.3. The van der Waals surface area contributed by atoms with Crippen molar-refractivity contribution in [2.45, 2.75) is 38.8 Å². The fourth-order valence-electron chi connectivity index (χ4n) is 5.24. The molecule has 1 saturated heterocycles. The van der Waals surface area contributed by atoms with E-state index >= 15 is 0 Å². The van der Waals surface area contributed by atoms with Crippen LogP contribution in [0, 0.1) is 3.57 Å². The number of benzene rings is 3. The molecule has 7 nitrogen and oxygen atoms in total. The highest BCUT2D eigenvalue weighted by Gasteiger charge is 2.29. The number of nitrogens with zero attached hydrogens (tertiary/aromatic N) is 2. The van der Waals surface area contributed by atoms with Crippen LogP contribution in [0.5, 0.6) is 0 Å². The first-order valence-electron chi connectivity index (χ1n) is 13.3. The Bertz CT molecular complexity index is 1320. The summed E-state index contributed by atoms with van der Waals surface area (Å²) in [7, 11) is 0. The molecule has 39 heavy (non-hydrogen) atoms. The molecule has 1 N–H and O–H groups in total. The number of carbonyl (C=O) groups is 2. The van der Waals surface area contributed by atoms with Crippen molar-refractivity contribution in [1.29, 1.82) is 0 Å². The fourth-order valence-corrected chi connectivity index (χ4v) is 5.97. The molecule has 204 valence electrons. The van der Waals surface area contributed by atoms with Crippen molar-refractivity contribution in [3.05, 3.63) is 87.0 Å². The van der Waals surface area contributed by atoms with E-state index in [0.717, 1.165) is 28.8 Å². The molecule has 1 aliphatic carbocycles. The Kier molecular flexibility index (Phi) is 8.13. The molecule has 0 saturated carbocycles. The third-order valence-electron chi connectivity index (χ3n) is 6.98. The normalized spacial score (nSPS) is 15.4. The van der Waals surface area contributed by atoms with Gasteiger partial charge in [0, 0.05) is 47.9 Å². The summed E-state index contributed by atoms with van der Waals surface area (Å²) in [5.41, 5.74) is 6.10. The van der Waals surface area contributed by atoms with Gasteiger partial charge in [-0.3, -0.25) is 10.2 Å². The van der Waals surface area contributed by atoms with Crippen molar-refractivity contribution in [2.75, 3.05) is 38.1 Å². The van der Waals surface area contributed by atoms with Gasteiger partial charge in [0.25, 0.3) is 0 Å². The van der Waals surface area contributed by atoms with Gasteiger partial charge in [-0.1, -0.05) is 48.5 Å². The Morgan fingerprint density at radius 3 is 2.15 bits per heavy atom. The summed E-state index contributed by atoms with van der Waals surface area (Å²) in [5, 5.41) is 2.92. The first kappa shape index (κ1) is 27.5. The number of hydrogen-bond acceptors (Lipinski definition) is 5. The lowest BCUT2D eigenvalue weighted by atomic mass is 9.98. The lowest BCUT2D eigenvalue weighted by Gasteiger charge is -2.35. The monoisotopic (exact) mass is 639 g/mol. The lowest BCUT2D eigenvalue weighted by molar-refractivity contribution is 0.0139. The van der Waals surface area contributed by atoms with Crippen molar-refractivity contribution >= 4 is 40.5 Å². The van der Waals surface area contributed by atoms with Crippen LogP contribution in [-0.4, -0.2) is 60.4 Å².